The van der Waals surface area contributed by atoms with Gasteiger partial charge in [0.25, 0.3) is 5.91 Å². The molecule has 0 radical (unpaired) electrons. The van der Waals surface area contributed by atoms with Gasteiger partial charge in [0, 0.05) is 10.5 Å². The highest BCUT2D eigenvalue weighted by Crippen LogP contribution is 2.26. The molecule has 0 unspecified atom stereocenters. The summed E-state index contributed by atoms with van der Waals surface area (Å²) in [6.45, 7) is 0. The number of rotatable bonds is 3. The van der Waals surface area contributed by atoms with Crippen molar-refractivity contribution in [3.8, 4) is 17.1 Å². The highest BCUT2D eigenvalue weighted by molar-refractivity contribution is 5.98. The highest BCUT2D eigenvalue weighted by atomic mass is 16.6. The van der Waals surface area contributed by atoms with Crippen LogP contribution in [0.15, 0.2) is 40.1 Å². The van der Waals surface area contributed by atoms with Crippen LogP contribution in [0.4, 0.5) is 5.82 Å². The van der Waals surface area contributed by atoms with Crippen molar-refractivity contribution in [3.05, 3.63) is 46.5 Å². The molecule has 0 saturated heterocycles. The van der Waals surface area contributed by atoms with E-state index in [1.807, 2.05) is 0 Å². The zero-order valence-electron chi connectivity index (χ0n) is 10.9. The minimum Gasteiger partial charge on any atom is -0.378 e. The van der Waals surface area contributed by atoms with Crippen LogP contribution in [0, 0.1) is 0 Å². The second-order valence-electron chi connectivity index (χ2n) is 4.03. The molecular weight excluding hydrogens is 290 g/mol. The molecule has 3 aromatic rings. The molecule has 2 N–H and O–H groups in total. The predicted molar refractivity (Wildman–Crippen MR) is 72.5 cm³/mol. The van der Waals surface area contributed by atoms with E-state index in [0.29, 0.717) is 5.56 Å². The lowest BCUT2D eigenvalue weighted by Gasteiger charge is -2.04. The number of nitrogens with two attached hydrogens (primary N) is 1. The molecule has 0 atom stereocenters. The minimum absolute atomic E-state index is 0.0233. The van der Waals surface area contributed by atoms with Gasteiger partial charge >= 0.3 is 0 Å². The number of benzene rings is 1. The Morgan fingerprint density at radius 1 is 1.32 bits per heavy atom. The smallest absolute Gasteiger partial charge is 0.271 e. The molecule has 0 saturated carbocycles. The number of hydrogen-bond donors (Lipinski definition) is 1. The van der Waals surface area contributed by atoms with E-state index in [1.165, 1.54) is 4.68 Å². The first-order chi connectivity index (χ1) is 10.7. The molecule has 0 fully saturated rings. The van der Waals surface area contributed by atoms with Crippen LogP contribution < -0.4 is 5.73 Å². The van der Waals surface area contributed by atoms with Crippen LogP contribution in [0.5, 0.6) is 0 Å². The molecule has 0 aliphatic heterocycles. The fourth-order valence-electron chi connectivity index (χ4n) is 1.85. The lowest BCUT2D eigenvalue weighted by atomic mass is 10.1. The Kier molecular flexibility index (Phi) is 3.22. The lowest BCUT2D eigenvalue weighted by Crippen LogP contribution is -2.05. The van der Waals surface area contributed by atoms with Gasteiger partial charge in [-0.2, -0.15) is 4.68 Å². The third-order valence-corrected chi connectivity index (χ3v) is 2.75. The first kappa shape index (κ1) is 13.3. The number of nitrogens with zero attached hydrogens (tertiary/aromatic N) is 8. The summed E-state index contributed by atoms with van der Waals surface area (Å²) in [5.41, 5.74) is 14.8. The Labute approximate surface area is 121 Å². The van der Waals surface area contributed by atoms with Gasteiger partial charge in [-0.15, -0.1) is 5.10 Å². The van der Waals surface area contributed by atoms with Crippen LogP contribution in [0.2, 0.25) is 0 Å². The number of anilines is 1. The molecule has 0 aliphatic rings. The van der Waals surface area contributed by atoms with Gasteiger partial charge in [-0.25, -0.2) is 4.63 Å². The number of nitrogen functional groups attached to an aromatic ring is 1. The van der Waals surface area contributed by atoms with Crippen LogP contribution in [0.3, 0.4) is 0 Å². The molecule has 1 aromatic carbocycles. The Hall–Kier alpha value is -3.72. The molecule has 0 spiro atoms. The summed E-state index contributed by atoms with van der Waals surface area (Å²) in [4.78, 5) is 14.3. The molecule has 108 valence electrons. The fourth-order valence-corrected chi connectivity index (χ4v) is 1.85. The van der Waals surface area contributed by atoms with Crippen LogP contribution >= 0.6 is 0 Å². The average Bonchev–Trinajstić information content (AvgIpc) is 3.14. The van der Waals surface area contributed by atoms with E-state index in [0.717, 1.165) is 0 Å². The largest absolute Gasteiger partial charge is 0.378 e. The number of aromatic nitrogens is 5. The van der Waals surface area contributed by atoms with Crippen LogP contribution in [-0.2, 0) is 0 Å². The Morgan fingerprint density at radius 2 is 2.09 bits per heavy atom. The standard InChI is InChI=1S/C11H7N9O2/c12-9-10(17-22-16-9)20-8(6-4-2-1-3-5-6)7(14-19-20)11(21)15-18-13/h1-5H,(H2,12,16). The zero-order valence-corrected chi connectivity index (χ0v) is 10.9. The molecule has 22 heavy (non-hydrogen) atoms. The molecule has 11 heteroatoms. The minimum atomic E-state index is -0.873. The molecule has 1 amide bonds. The van der Waals surface area contributed by atoms with Gasteiger partial charge in [-0.05, 0) is 21.0 Å². The Bertz CT molecular complexity index is 876. The molecule has 0 aliphatic carbocycles. The van der Waals surface area contributed by atoms with Gasteiger partial charge < -0.3 is 5.73 Å². The van der Waals surface area contributed by atoms with Gasteiger partial charge in [-0.1, -0.05) is 35.5 Å². The van der Waals surface area contributed by atoms with E-state index in [2.05, 4.69) is 35.3 Å². The number of hydrogen-bond acceptors (Lipinski definition) is 7. The summed E-state index contributed by atoms with van der Waals surface area (Å²) >= 11 is 0. The molecular formula is C11H7N9O2. The number of amides is 1. The normalized spacial score (nSPS) is 10.2. The van der Waals surface area contributed by atoms with Crippen molar-refractivity contribution in [2.24, 2.45) is 5.11 Å². The second kappa shape index (κ2) is 5.34. The van der Waals surface area contributed by atoms with E-state index in [-0.39, 0.29) is 23.0 Å². The van der Waals surface area contributed by atoms with Crippen LogP contribution in [-0.4, -0.2) is 31.2 Å². The Balaban J connectivity index is 2.27. The van der Waals surface area contributed by atoms with Crippen molar-refractivity contribution in [1.82, 2.24) is 25.3 Å². The maximum Gasteiger partial charge on any atom is 0.271 e. The summed E-state index contributed by atoms with van der Waals surface area (Å²) in [6, 6.07) is 8.79. The summed E-state index contributed by atoms with van der Waals surface area (Å²) < 4.78 is 5.72. The first-order valence-corrected chi connectivity index (χ1v) is 5.91. The van der Waals surface area contributed by atoms with E-state index >= 15 is 0 Å². The van der Waals surface area contributed by atoms with Crippen LogP contribution in [0.25, 0.3) is 27.5 Å². The maximum absolute atomic E-state index is 11.9. The lowest BCUT2D eigenvalue weighted by molar-refractivity contribution is 0.0996. The van der Waals surface area contributed by atoms with Gasteiger partial charge in [0.2, 0.25) is 11.6 Å². The Morgan fingerprint density at radius 3 is 2.73 bits per heavy atom. The van der Waals surface area contributed by atoms with Crippen molar-refractivity contribution in [2.75, 3.05) is 5.73 Å². The van der Waals surface area contributed by atoms with Crippen molar-refractivity contribution in [3.63, 3.8) is 0 Å². The molecule has 11 nitrogen and oxygen atoms in total. The van der Waals surface area contributed by atoms with E-state index in [1.54, 1.807) is 30.3 Å². The summed E-state index contributed by atoms with van der Waals surface area (Å²) in [6.07, 6.45) is 0. The quantitative estimate of drug-likeness (QED) is 0.433. The molecule has 0 bridgehead atoms. The SMILES string of the molecule is [N-]=[N+]=NC(=O)c1nnn(-c2nonc2N)c1-c1ccccc1. The molecule has 2 aromatic heterocycles. The predicted octanol–water partition coefficient (Wildman–Crippen LogP) is 1.35. The van der Waals surface area contributed by atoms with Crippen LogP contribution in [0.1, 0.15) is 10.5 Å². The third-order valence-electron chi connectivity index (χ3n) is 2.75. The molecule has 2 heterocycles. The summed E-state index contributed by atoms with van der Waals surface area (Å²) in [5, 5.41) is 17.7. The topological polar surface area (TPSA) is 161 Å². The number of carbonyl (C=O) groups excluding carboxylic acids is 1. The third kappa shape index (κ3) is 2.13. The van der Waals surface area contributed by atoms with Gasteiger partial charge in [0.15, 0.2) is 5.69 Å². The summed E-state index contributed by atoms with van der Waals surface area (Å²) in [5.74, 6) is -0.821. The fraction of sp³-hybridized carbons (Fsp3) is 0. The average molecular weight is 297 g/mol. The zero-order chi connectivity index (χ0) is 15.5. The van der Waals surface area contributed by atoms with Crippen molar-refractivity contribution in [1.29, 1.82) is 0 Å². The van der Waals surface area contributed by atoms with Crippen molar-refractivity contribution < 1.29 is 9.42 Å². The van der Waals surface area contributed by atoms with Gasteiger partial charge in [-0.3, -0.25) is 4.79 Å². The maximum atomic E-state index is 11.9. The van der Waals surface area contributed by atoms with E-state index in [4.69, 9.17) is 11.3 Å². The van der Waals surface area contributed by atoms with E-state index in [9.17, 15) is 4.79 Å². The van der Waals surface area contributed by atoms with Crippen molar-refractivity contribution in [2.45, 2.75) is 0 Å². The second-order valence-corrected chi connectivity index (χ2v) is 4.03. The highest BCUT2D eigenvalue weighted by Gasteiger charge is 2.24. The number of azide groups is 1. The summed E-state index contributed by atoms with van der Waals surface area (Å²) in [7, 11) is 0. The van der Waals surface area contributed by atoms with Crippen molar-refractivity contribution >= 4 is 11.7 Å². The molecule has 3 rings (SSSR count). The van der Waals surface area contributed by atoms with Gasteiger partial charge in [0.05, 0.1) is 0 Å². The van der Waals surface area contributed by atoms with E-state index < -0.39 is 5.91 Å². The van der Waals surface area contributed by atoms with Gasteiger partial charge in [0.1, 0.15) is 5.69 Å². The monoisotopic (exact) mass is 297 g/mol. The first-order valence-electron chi connectivity index (χ1n) is 5.91. The number of carbonyl (C=O) groups is 1.